The van der Waals surface area contributed by atoms with Gasteiger partial charge < -0.3 is 10.6 Å². The van der Waals surface area contributed by atoms with Gasteiger partial charge in [-0.05, 0) is 38.0 Å². The minimum atomic E-state index is -0.0507. The van der Waals surface area contributed by atoms with Gasteiger partial charge in [0.15, 0.2) is 5.69 Å². The van der Waals surface area contributed by atoms with Crippen LogP contribution in [0.1, 0.15) is 30.3 Å². The van der Waals surface area contributed by atoms with Gasteiger partial charge in [0.25, 0.3) is 5.91 Å². The normalized spacial score (nSPS) is 21.9. The molecule has 116 valence electrons. The van der Waals surface area contributed by atoms with Crippen LogP contribution in [0.15, 0.2) is 36.5 Å². The van der Waals surface area contributed by atoms with E-state index in [4.69, 9.17) is 17.3 Å². The van der Waals surface area contributed by atoms with Gasteiger partial charge in [0, 0.05) is 24.8 Å². The van der Waals surface area contributed by atoms with Gasteiger partial charge in [-0.3, -0.25) is 4.79 Å². The molecule has 2 N–H and O–H groups in total. The van der Waals surface area contributed by atoms with Crippen molar-refractivity contribution in [3.63, 3.8) is 0 Å². The first-order chi connectivity index (χ1) is 10.6. The smallest absolute Gasteiger partial charge is 0.274 e. The number of carbonyl (C=O) groups is 1. The molecule has 0 radical (unpaired) electrons. The second-order valence-electron chi connectivity index (χ2n) is 5.73. The van der Waals surface area contributed by atoms with E-state index >= 15 is 0 Å². The van der Waals surface area contributed by atoms with Crippen molar-refractivity contribution in [1.82, 2.24) is 14.7 Å². The van der Waals surface area contributed by atoms with Gasteiger partial charge in [-0.1, -0.05) is 23.7 Å². The number of benzene rings is 1. The summed E-state index contributed by atoms with van der Waals surface area (Å²) < 4.78 is 1.63. The summed E-state index contributed by atoms with van der Waals surface area (Å²) in [6, 6.07) is 9.47. The van der Waals surface area contributed by atoms with E-state index in [1.807, 2.05) is 30.0 Å². The first-order valence-corrected chi connectivity index (χ1v) is 7.81. The zero-order valence-electron chi connectivity index (χ0n) is 12.4. The van der Waals surface area contributed by atoms with E-state index in [2.05, 4.69) is 5.10 Å². The zero-order valence-corrected chi connectivity index (χ0v) is 13.2. The Morgan fingerprint density at radius 3 is 2.86 bits per heavy atom. The molecule has 0 spiro atoms. The molecule has 1 fully saturated rings. The van der Waals surface area contributed by atoms with Gasteiger partial charge >= 0.3 is 0 Å². The van der Waals surface area contributed by atoms with E-state index in [1.165, 1.54) is 0 Å². The SMILES string of the molecule is CC1CC(N)CCN1C(=O)c1ccn(-c2ccccc2Cl)n1. The number of rotatable bonds is 2. The number of halogens is 1. The summed E-state index contributed by atoms with van der Waals surface area (Å²) in [6.07, 6.45) is 3.42. The molecule has 6 heteroatoms. The standard InChI is InChI=1S/C16H19ClN4O/c1-11-10-12(18)6-8-20(11)16(22)14-7-9-21(19-14)15-5-3-2-4-13(15)17/h2-5,7,9,11-12H,6,8,10,18H2,1H3. The summed E-state index contributed by atoms with van der Waals surface area (Å²) in [4.78, 5) is 14.5. The lowest BCUT2D eigenvalue weighted by molar-refractivity contribution is 0.0612. The third-order valence-electron chi connectivity index (χ3n) is 4.09. The average molecular weight is 319 g/mol. The molecule has 22 heavy (non-hydrogen) atoms. The van der Waals surface area contributed by atoms with E-state index in [-0.39, 0.29) is 18.0 Å². The second kappa shape index (κ2) is 6.10. The minimum absolute atomic E-state index is 0.0507. The fourth-order valence-corrected chi connectivity index (χ4v) is 3.09. The maximum atomic E-state index is 12.6. The van der Waals surface area contributed by atoms with Crippen LogP contribution in [0, 0.1) is 0 Å². The number of carbonyl (C=O) groups excluding carboxylic acids is 1. The van der Waals surface area contributed by atoms with Crippen molar-refractivity contribution in [2.75, 3.05) is 6.54 Å². The number of nitrogens with zero attached hydrogens (tertiary/aromatic N) is 3. The van der Waals surface area contributed by atoms with Crippen LogP contribution in [0.5, 0.6) is 0 Å². The maximum absolute atomic E-state index is 12.6. The van der Waals surface area contributed by atoms with E-state index in [9.17, 15) is 4.79 Å². The van der Waals surface area contributed by atoms with Gasteiger partial charge in [0.05, 0.1) is 10.7 Å². The number of hydrogen-bond donors (Lipinski definition) is 1. The first-order valence-electron chi connectivity index (χ1n) is 7.43. The molecular weight excluding hydrogens is 300 g/mol. The maximum Gasteiger partial charge on any atom is 0.274 e. The van der Waals surface area contributed by atoms with Crippen molar-refractivity contribution in [3.05, 3.63) is 47.2 Å². The van der Waals surface area contributed by atoms with Crippen LogP contribution in [-0.2, 0) is 0 Å². The highest BCUT2D eigenvalue weighted by Gasteiger charge is 2.28. The van der Waals surface area contributed by atoms with E-state index < -0.39 is 0 Å². The summed E-state index contributed by atoms with van der Waals surface area (Å²) in [5.41, 5.74) is 7.14. The third-order valence-corrected chi connectivity index (χ3v) is 4.40. The highest BCUT2D eigenvalue weighted by Crippen LogP contribution is 2.21. The fraction of sp³-hybridized carbons (Fsp3) is 0.375. The highest BCUT2D eigenvalue weighted by atomic mass is 35.5. The Hall–Kier alpha value is -1.85. The number of amides is 1. The Morgan fingerprint density at radius 2 is 2.14 bits per heavy atom. The number of para-hydroxylation sites is 1. The fourth-order valence-electron chi connectivity index (χ4n) is 2.87. The van der Waals surface area contributed by atoms with Gasteiger partial charge in [-0.2, -0.15) is 5.10 Å². The number of nitrogens with two attached hydrogens (primary N) is 1. The van der Waals surface area contributed by atoms with Crippen molar-refractivity contribution in [3.8, 4) is 5.69 Å². The summed E-state index contributed by atoms with van der Waals surface area (Å²) >= 11 is 6.17. The topological polar surface area (TPSA) is 64.2 Å². The third kappa shape index (κ3) is 2.87. The molecule has 0 saturated carbocycles. The average Bonchev–Trinajstić information content (AvgIpc) is 2.97. The monoisotopic (exact) mass is 318 g/mol. The molecule has 2 unspecified atom stereocenters. The van der Waals surface area contributed by atoms with Gasteiger partial charge in [0.2, 0.25) is 0 Å². The summed E-state index contributed by atoms with van der Waals surface area (Å²) in [5, 5.41) is 4.98. The molecule has 5 nitrogen and oxygen atoms in total. The molecule has 2 atom stereocenters. The van der Waals surface area contributed by atoms with Crippen molar-refractivity contribution in [2.24, 2.45) is 5.73 Å². The van der Waals surface area contributed by atoms with Crippen LogP contribution in [-0.4, -0.2) is 39.2 Å². The van der Waals surface area contributed by atoms with Crippen LogP contribution >= 0.6 is 11.6 Å². The lowest BCUT2D eigenvalue weighted by atomic mass is 9.99. The molecule has 1 aliphatic rings. The van der Waals surface area contributed by atoms with Crippen molar-refractivity contribution >= 4 is 17.5 Å². The Morgan fingerprint density at radius 1 is 1.36 bits per heavy atom. The number of hydrogen-bond acceptors (Lipinski definition) is 3. The molecule has 1 amide bonds. The largest absolute Gasteiger partial charge is 0.334 e. The lowest BCUT2D eigenvalue weighted by Gasteiger charge is -2.35. The van der Waals surface area contributed by atoms with E-state index in [0.717, 1.165) is 18.5 Å². The van der Waals surface area contributed by atoms with Crippen LogP contribution in [0.2, 0.25) is 5.02 Å². The van der Waals surface area contributed by atoms with E-state index in [0.29, 0.717) is 17.3 Å². The van der Waals surface area contributed by atoms with Crippen LogP contribution < -0.4 is 5.73 Å². The zero-order chi connectivity index (χ0) is 15.7. The Bertz CT molecular complexity index is 684. The molecule has 0 aliphatic carbocycles. The van der Waals surface area contributed by atoms with Crippen LogP contribution in [0.3, 0.4) is 0 Å². The van der Waals surface area contributed by atoms with Gasteiger partial charge in [-0.15, -0.1) is 0 Å². The molecular formula is C16H19ClN4O. The van der Waals surface area contributed by atoms with Crippen molar-refractivity contribution < 1.29 is 4.79 Å². The molecule has 1 aliphatic heterocycles. The van der Waals surface area contributed by atoms with E-state index in [1.54, 1.807) is 23.0 Å². The first kappa shape index (κ1) is 15.1. The quantitative estimate of drug-likeness (QED) is 0.925. The Kier molecular flexibility index (Phi) is 4.18. The van der Waals surface area contributed by atoms with Gasteiger partial charge in [0.1, 0.15) is 0 Å². The molecule has 3 rings (SSSR count). The number of piperidine rings is 1. The predicted molar refractivity (Wildman–Crippen MR) is 86.3 cm³/mol. The molecule has 1 saturated heterocycles. The van der Waals surface area contributed by atoms with Crippen LogP contribution in [0.25, 0.3) is 5.69 Å². The molecule has 1 aromatic carbocycles. The van der Waals surface area contributed by atoms with Crippen LogP contribution in [0.4, 0.5) is 0 Å². The second-order valence-corrected chi connectivity index (χ2v) is 6.14. The molecule has 2 aromatic rings. The summed E-state index contributed by atoms with van der Waals surface area (Å²) in [5.74, 6) is -0.0507. The Labute approximate surface area is 134 Å². The molecule has 0 bridgehead atoms. The summed E-state index contributed by atoms with van der Waals surface area (Å²) in [6.45, 7) is 2.71. The Balaban J connectivity index is 1.82. The van der Waals surface area contributed by atoms with Crippen molar-refractivity contribution in [2.45, 2.75) is 31.8 Å². The number of aromatic nitrogens is 2. The molecule has 2 heterocycles. The minimum Gasteiger partial charge on any atom is -0.334 e. The predicted octanol–water partition coefficient (Wildman–Crippen LogP) is 2.48. The lowest BCUT2D eigenvalue weighted by Crippen LogP contribution is -2.48. The van der Waals surface area contributed by atoms with Gasteiger partial charge in [-0.25, -0.2) is 4.68 Å². The molecule has 1 aromatic heterocycles. The number of likely N-dealkylation sites (tertiary alicyclic amines) is 1. The summed E-state index contributed by atoms with van der Waals surface area (Å²) in [7, 11) is 0. The van der Waals surface area contributed by atoms with Crippen molar-refractivity contribution in [1.29, 1.82) is 0 Å². The highest BCUT2D eigenvalue weighted by molar-refractivity contribution is 6.32.